The van der Waals surface area contributed by atoms with Crippen LogP contribution in [0.3, 0.4) is 0 Å². The van der Waals surface area contributed by atoms with Crippen LogP contribution < -0.4 is 0 Å². The zero-order valence-electron chi connectivity index (χ0n) is 10.1. The summed E-state index contributed by atoms with van der Waals surface area (Å²) >= 11 is 0. The molecule has 0 spiro atoms. The average molecular weight is 217 g/mol. The second kappa shape index (κ2) is 4.69. The van der Waals surface area contributed by atoms with E-state index in [1.54, 1.807) is 0 Å². The van der Waals surface area contributed by atoms with Crippen LogP contribution in [0.4, 0.5) is 0 Å². The predicted molar refractivity (Wildman–Crippen MR) is 65.4 cm³/mol. The van der Waals surface area contributed by atoms with Gasteiger partial charge in [0.1, 0.15) is 0 Å². The normalized spacial score (nSPS) is 20.1. The van der Waals surface area contributed by atoms with Crippen LogP contribution in [0.2, 0.25) is 0 Å². The van der Waals surface area contributed by atoms with Crippen LogP contribution >= 0.6 is 0 Å². The maximum absolute atomic E-state index is 11.6. The van der Waals surface area contributed by atoms with E-state index in [-0.39, 0.29) is 5.91 Å². The zero-order valence-corrected chi connectivity index (χ0v) is 10.1. The molecule has 1 heterocycles. The number of amides is 1. The summed E-state index contributed by atoms with van der Waals surface area (Å²) in [7, 11) is 0. The summed E-state index contributed by atoms with van der Waals surface area (Å²) in [4.78, 5) is 13.6. The third kappa shape index (κ3) is 2.26. The Kier molecular flexibility index (Phi) is 3.28. The van der Waals surface area contributed by atoms with Crippen molar-refractivity contribution in [2.24, 2.45) is 0 Å². The van der Waals surface area contributed by atoms with Gasteiger partial charge in [-0.2, -0.15) is 0 Å². The molecule has 1 aromatic carbocycles. The number of hydrogen-bond donors (Lipinski definition) is 0. The highest BCUT2D eigenvalue weighted by Crippen LogP contribution is 2.27. The van der Waals surface area contributed by atoms with Crippen LogP contribution in [0, 0.1) is 6.92 Å². The number of nitrogens with zero attached hydrogens (tertiary/aromatic N) is 1. The molecule has 0 aromatic heterocycles. The minimum Gasteiger partial charge on any atom is -0.342 e. The van der Waals surface area contributed by atoms with E-state index in [4.69, 9.17) is 0 Å². The summed E-state index contributed by atoms with van der Waals surface area (Å²) in [5.41, 5.74) is 2.68. The number of likely N-dealkylation sites (tertiary alicyclic amines) is 1. The van der Waals surface area contributed by atoms with E-state index in [9.17, 15) is 4.79 Å². The molecule has 16 heavy (non-hydrogen) atoms. The number of hydrogen-bond acceptors (Lipinski definition) is 1. The molecule has 1 amide bonds. The fourth-order valence-corrected chi connectivity index (χ4v) is 2.41. The highest BCUT2D eigenvalue weighted by atomic mass is 16.2. The number of benzene rings is 1. The Hall–Kier alpha value is -1.31. The van der Waals surface area contributed by atoms with Crippen molar-refractivity contribution in [3.05, 3.63) is 35.4 Å². The highest BCUT2D eigenvalue weighted by Gasteiger charge is 2.26. The van der Waals surface area contributed by atoms with Crippen molar-refractivity contribution in [3.8, 4) is 0 Å². The molecule has 0 bridgehead atoms. The second-order valence-electron chi connectivity index (χ2n) is 4.59. The van der Waals surface area contributed by atoms with E-state index in [2.05, 4.69) is 31.2 Å². The standard InChI is InChI=1S/C14H19NO/c1-3-14(16)15-8-7-13(10-15)12-6-4-5-11(2)9-12/h4-6,9,13H,3,7-8,10H2,1-2H3. The summed E-state index contributed by atoms with van der Waals surface area (Å²) in [5, 5.41) is 0. The van der Waals surface area contributed by atoms with E-state index in [0.29, 0.717) is 12.3 Å². The van der Waals surface area contributed by atoms with Crippen LogP contribution in [0.25, 0.3) is 0 Å². The second-order valence-corrected chi connectivity index (χ2v) is 4.59. The maximum Gasteiger partial charge on any atom is 0.222 e. The molecule has 0 N–H and O–H groups in total. The predicted octanol–water partition coefficient (Wildman–Crippen LogP) is 2.72. The lowest BCUT2D eigenvalue weighted by Gasteiger charge is -2.15. The number of aryl methyl sites for hydroxylation is 1. The Morgan fingerprint density at radius 2 is 2.31 bits per heavy atom. The van der Waals surface area contributed by atoms with Gasteiger partial charge in [0, 0.05) is 25.4 Å². The first kappa shape index (κ1) is 11.2. The van der Waals surface area contributed by atoms with E-state index in [1.165, 1.54) is 11.1 Å². The van der Waals surface area contributed by atoms with E-state index >= 15 is 0 Å². The Labute approximate surface area is 97.3 Å². The minimum absolute atomic E-state index is 0.287. The first-order valence-corrected chi connectivity index (χ1v) is 6.05. The molecule has 2 nitrogen and oxygen atoms in total. The molecule has 1 saturated heterocycles. The van der Waals surface area contributed by atoms with Gasteiger partial charge in [-0.25, -0.2) is 0 Å². The van der Waals surface area contributed by atoms with Gasteiger partial charge in [-0.1, -0.05) is 36.8 Å². The Morgan fingerprint density at radius 3 is 3.00 bits per heavy atom. The van der Waals surface area contributed by atoms with Gasteiger partial charge in [-0.15, -0.1) is 0 Å². The Balaban J connectivity index is 2.06. The molecule has 86 valence electrons. The molecule has 1 unspecified atom stereocenters. The molecule has 0 radical (unpaired) electrons. The van der Waals surface area contributed by atoms with Crippen molar-refractivity contribution in [1.29, 1.82) is 0 Å². The van der Waals surface area contributed by atoms with Crippen molar-refractivity contribution in [2.45, 2.75) is 32.6 Å². The number of rotatable bonds is 2. The van der Waals surface area contributed by atoms with Crippen LogP contribution in [0.1, 0.15) is 36.8 Å². The van der Waals surface area contributed by atoms with Gasteiger partial charge in [0.25, 0.3) is 0 Å². The van der Waals surface area contributed by atoms with Gasteiger partial charge in [0.15, 0.2) is 0 Å². The van der Waals surface area contributed by atoms with Crippen LogP contribution in [0.15, 0.2) is 24.3 Å². The highest BCUT2D eigenvalue weighted by molar-refractivity contribution is 5.76. The molecule has 2 rings (SSSR count). The third-order valence-corrected chi connectivity index (χ3v) is 3.36. The lowest BCUT2D eigenvalue weighted by atomic mass is 9.97. The molecule has 0 aliphatic carbocycles. The van der Waals surface area contributed by atoms with Crippen molar-refractivity contribution in [1.82, 2.24) is 4.90 Å². The molecule has 1 aromatic rings. The summed E-state index contributed by atoms with van der Waals surface area (Å²) in [6.07, 6.45) is 1.73. The average Bonchev–Trinajstić information content (AvgIpc) is 2.77. The third-order valence-electron chi connectivity index (χ3n) is 3.36. The topological polar surface area (TPSA) is 20.3 Å². The van der Waals surface area contributed by atoms with Gasteiger partial charge in [0.2, 0.25) is 5.91 Å². The zero-order chi connectivity index (χ0) is 11.5. The first-order valence-electron chi connectivity index (χ1n) is 6.05. The number of carbonyl (C=O) groups is 1. The van der Waals surface area contributed by atoms with Crippen molar-refractivity contribution in [3.63, 3.8) is 0 Å². The molecular weight excluding hydrogens is 198 g/mol. The van der Waals surface area contributed by atoms with Gasteiger partial charge in [-0.05, 0) is 18.9 Å². The Morgan fingerprint density at radius 1 is 1.50 bits per heavy atom. The van der Waals surface area contributed by atoms with Gasteiger partial charge in [0.05, 0.1) is 0 Å². The molecule has 1 atom stereocenters. The quantitative estimate of drug-likeness (QED) is 0.746. The lowest BCUT2D eigenvalue weighted by molar-refractivity contribution is -0.129. The van der Waals surface area contributed by atoms with E-state index in [1.807, 2.05) is 11.8 Å². The van der Waals surface area contributed by atoms with E-state index in [0.717, 1.165) is 19.5 Å². The van der Waals surface area contributed by atoms with Crippen molar-refractivity contribution >= 4 is 5.91 Å². The van der Waals surface area contributed by atoms with Gasteiger partial charge >= 0.3 is 0 Å². The molecule has 1 aliphatic rings. The molecule has 0 saturated carbocycles. The molecule has 1 aliphatic heterocycles. The maximum atomic E-state index is 11.6. The minimum atomic E-state index is 0.287. The van der Waals surface area contributed by atoms with Crippen molar-refractivity contribution < 1.29 is 4.79 Å². The monoisotopic (exact) mass is 217 g/mol. The largest absolute Gasteiger partial charge is 0.342 e. The fourth-order valence-electron chi connectivity index (χ4n) is 2.41. The van der Waals surface area contributed by atoms with Crippen LogP contribution in [-0.4, -0.2) is 23.9 Å². The summed E-state index contributed by atoms with van der Waals surface area (Å²) < 4.78 is 0. The van der Waals surface area contributed by atoms with Gasteiger partial charge in [-0.3, -0.25) is 4.79 Å². The fraction of sp³-hybridized carbons (Fsp3) is 0.500. The molecular formula is C14H19NO. The summed E-state index contributed by atoms with van der Waals surface area (Å²) in [6, 6.07) is 8.64. The summed E-state index contributed by atoms with van der Waals surface area (Å²) in [6.45, 7) is 5.87. The Bertz CT molecular complexity index is 386. The van der Waals surface area contributed by atoms with Gasteiger partial charge < -0.3 is 4.90 Å². The summed E-state index contributed by atoms with van der Waals surface area (Å²) in [5.74, 6) is 0.825. The molecule has 2 heteroatoms. The molecule has 1 fully saturated rings. The SMILES string of the molecule is CCC(=O)N1CCC(c2cccc(C)c2)C1. The number of carbonyl (C=O) groups excluding carboxylic acids is 1. The van der Waals surface area contributed by atoms with Crippen molar-refractivity contribution in [2.75, 3.05) is 13.1 Å². The van der Waals surface area contributed by atoms with Crippen LogP contribution in [-0.2, 0) is 4.79 Å². The smallest absolute Gasteiger partial charge is 0.222 e. The lowest BCUT2D eigenvalue weighted by Crippen LogP contribution is -2.27. The van der Waals surface area contributed by atoms with E-state index < -0.39 is 0 Å². The first-order chi connectivity index (χ1) is 7.70. The van der Waals surface area contributed by atoms with Crippen LogP contribution in [0.5, 0.6) is 0 Å².